The van der Waals surface area contributed by atoms with E-state index in [2.05, 4.69) is 5.32 Å². The van der Waals surface area contributed by atoms with Crippen molar-refractivity contribution < 1.29 is 22.7 Å². The largest absolute Gasteiger partial charge is 0.454 e. The van der Waals surface area contributed by atoms with Gasteiger partial charge in [0, 0.05) is 13.1 Å². The summed E-state index contributed by atoms with van der Waals surface area (Å²) in [6.45, 7) is 0.765. The van der Waals surface area contributed by atoms with Crippen LogP contribution in [0.25, 0.3) is 0 Å². The summed E-state index contributed by atoms with van der Waals surface area (Å²) in [7, 11) is 0.391. The van der Waals surface area contributed by atoms with Crippen molar-refractivity contribution in [1.82, 2.24) is 14.5 Å². The van der Waals surface area contributed by atoms with Crippen molar-refractivity contribution in [2.24, 2.45) is 0 Å². The molecular formula is C17H23N3O5S. The highest BCUT2D eigenvalue weighted by Gasteiger charge is 2.33. The third-order valence-electron chi connectivity index (χ3n) is 4.48. The van der Waals surface area contributed by atoms with Crippen LogP contribution in [0.3, 0.4) is 0 Å². The Labute approximate surface area is 153 Å². The Kier molecular flexibility index (Phi) is 5.22. The number of benzene rings is 1. The van der Waals surface area contributed by atoms with E-state index in [9.17, 15) is 13.2 Å². The van der Waals surface area contributed by atoms with Gasteiger partial charge in [-0.1, -0.05) is 18.2 Å². The maximum absolute atomic E-state index is 12.5. The number of nitrogens with zero attached hydrogens (tertiary/aromatic N) is 2. The quantitative estimate of drug-likeness (QED) is 0.715. The van der Waals surface area contributed by atoms with Crippen molar-refractivity contribution in [1.29, 1.82) is 0 Å². The Morgan fingerprint density at radius 1 is 1.35 bits per heavy atom. The van der Waals surface area contributed by atoms with E-state index in [-0.39, 0.29) is 25.3 Å². The monoisotopic (exact) mass is 381 g/mol. The smallest absolute Gasteiger partial charge is 0.242 e. The van der Waals surface area contributed by atoms with E-state index in [0.29, 0.717) is 18.0 Å². The highest BCUT2D eigenvalue weighted by molar-refractivity contribution is 7.88. The van der Waals surface area contributed by atoms with E-state index in [1.165, 1.54) is 4.31 Å². The SMILES string of the molecule is CN(C)C(CNC(=O)C1C=CCN1S(C)(=O)=O)c1ccc2c(c1)OCO2. The standard InChI is InChI=1S/C17H23N3O5S/c1-19(2)14(12-6-7-15-16(9-12)25-11-24-15)10-18-17(21)13-5-4-8-20(13)26(3,22)23/h4-7,9,13-14H,8,10-11H2,1-3H3,(H,18,21). The van der Waals surface area contributed by atoms with Crippen LogP contribution in [-0.2, 0) is 14.8 Å². The first-order valence-corrected chi connectivity index (χ1v) is 10.1. The van der Waals surface area contributed by atoms with E-state index in [4.69, 9.17) is 9.47 Å². The molecule has 1 amide bonds. The lowest BCUT2D eigenvalue weighted by Gasteiger charge is -2.27. The molecule has 2 aliphatic rings. The molecule has 1 N–H and O–H groups in total. The van der Waals surface area contributed by atoms with Crippen LogP contribution in [0.5, 0.6) is 11.5 Å². The van der Waals surface area contributed by atoms with Crippen LogP contribution in [0.4, 0.5) is 0 Å². The molecule has 2 aliphatic heterocycles. The van der Waals surface area contributed by atoms with Crippen LogP contribution in [-0.4, -0.2) is 69.8 Å². The first kappa shape index (κ1) is 18.7. The third kappa shape index (κ3) is 3.84. The summed E-state index contributed by atoms with van der Waals surface area (Å²) in [5.41, 5.74) is 0.974. The van der Waals surface area contributed by atoms with E-state index >= 15 is 0 Å². The summed E-state index contributed by atoms with van der Waals surface area (Å²) in [5.74, 6) is 1.05. The topological polar surface area (TPSA) is 88.2 Å². The van der Waals surface area contributed by atoms with Gasteiger partial charge < -0.3 is 19.7 Å². The van der Waals surface area contributed by atoms with Gasteiger partial charge in [-0.2, -0.15) is 4.31 Å². The van der Waals surface area contributed by atoms with Crippen LogP contribution < -0.4 is 14.8 Å². The maximum atomic E-state index is 12.5. The van der Waals surface area contributed by atoms with Crippen LogP contribution in [0.2, 0.25) is 0 Å². The molecule has 3 rings (SSSR count). The summed E-state index contributed by atoms with van der Waals surface area (Å²) < 4.78 is 35.5. The average Bonchev–Trinajstić information content (AvgIpc) is 3.22. The fourth-order valence-electron chi connectivity index (χ4n) is 3.08. The highest BCUT2D eigenvalue weighted by Crippen LogP contribution is 2.35. The van der Waals surface area contributed by atoms with Gasteiger partial charge in [0.2, 0.25) is 22.7 Å². The zero-order valence-corrected chi connectivity index (χ0v) is 15.8. The molecule has 2 unspecified atom stereocenters. The third-order valence-corrected chi connectivity index (χ3v) is 5.71. The van der Waals surface area contributed by atoms with Gasteiger partial charge in [0.1, 0.15) is 6.04 Å². The van der Waals surface area contributed by atoms with Gasteiger partial charge in [-0.05, 0) is 31.8 Å². The number of likely N-dealkylation sites (N-methyl/N-ethyl adjacent to an activating group) is 1. The molecule has 9 heteroatoms. The number of nitrogens with one attached hydrogen (secondary N) is 1. The van der Waals surface area contributed by atoms with Crippen molar-refractivity contribution in [2.75, 3.05) is 40.2 Å². The predicted molar refractivity (Wildman–Crippen MR) is 96.5 cm³/mol. The molecule has 0 aliphatic carbocycles. The lowest BCUT2D eigenvalue weighted by molar-refractivity contribution is -0.123. The Bertz CT molecular complexity index is 822. The predicted octanol–water partition coefficient (Wildman–Crippen LogP) is 0.334. The zero-order valence-electron chi connectivity index (χ0n) is 15.0. The molecule has 0 fully saturated rings. The second-order valence-corrected chi connectivity index (χ2v) is 8.48. The summed E-state index contributed by atoms with van der Waals surface area (Å²) in [6.07, 6.45) is 4.41. The minimum absolute atomic E-state index is 0.0921. The molecule has 0 spiro atoms. The molecule has 1 aromatic carbocycles. The van der Waals surface area contributed by atoms with Gasteiger partial charge in [-0.15, -0.1) is 0 Å². The number of ether oxygens (including phenoxy) is 2. The number of hydrogen-bond acceptors (Lipinski definition) is 6. The van der Waals surface area contributed by atoms with Gasteiger partial charge in [0.15, 0.2) is 11.5 Å². The van der Waals surface area contributed by atoms with Crippen molar-refractivity contribution in [3.8, 4) is 11.5 Å². The van der Waals surface area contributed by atoms with Gasteiger partial charge in [0.05, 0.1) is 12.3 Å². The van der Waals surface area contributed by atoms with E-state index in [0.717, 1.165) is 11.8 Å². The summed E-state index contributed by atoms with van der Waals surface area (Å²) in [5, 5.41) is 2.86. The van der Waals surface area contributed by atoms with Gasteiger partial charge in [-0.25, -0.2) is 8.42 Å². The van der Waals surface area contributed by atoms with Gasteiger partial charge in [0.25, 0.3) is 0 Å². The second kappa shape index (κ2) is 7.26. The molecule has 2 atom stereocenters. The Morgan fingerprint density at radius 3 is 2.77 bits per heavy atom. The average molecular weight is 381 g/mol. The Balaban J connectivity index is 1.69. The summed E-state index contributed by atoms with van der Waals surface area (Å²) >= 11 is 0. The molecule has 142 valence electrons. The lowest BCUT2D eigenvalue weighted by atomic mass is 10.0. The highest BCUT2D eigenvalue weighted by atomic mass is 32.2. The number of rotatable bonds is 6. The number of sulfonamides is 1. The maximum Gasteiger partial charge on any atom is 0.242 e. The zero-order chi connectivity index (χ0) is 18.9. The first-order chi connectivity index (χ1) is 12.3. The number of carbonyl (C=O) groups is 1. The number of fused-ring (bicyclic) bond motifs is 1. The van der Waals surface area contributed by atoms with Crippen LogP contribution in [0, 0.1) is 0 Å². The van der Waals surface area contributed by atoms with Gasteiger partial charge in [-0.3, -0.25) is 4.79 Å². The van der Waals surface area contributed by atoms with E-state index < -0.39 is 16.1 Å². The van der Waals surface area contributed by atoms with Crippen molar-refractivity contribution in [3.05, 3.63) is 35.9 Å². The van der Waals surface area contributed by atoms with Crippen LogP contribution >= 0.6 is 0 Å². The fraction of sp³-hybridized carbons (Fsp3) is 0.471. The molecule has 8 nitrogen and oxygen atoms in total. The minimum atomic E-state index is -3.44. The molecule has 0 radical (unpaired) electrons. The molecule has 1 aromatic rings. The summed E-state index contributed by atoms with van der Waals surface area (Å²) in [4.78, 5) is 14.5. The van der Waals surface area contributed by atoms with Gasteiger partial charge >= 0.3 is 0 Å². The summed E-state index contributed by atoms with van der Waals surface area (Å²) in [6, 6.07) is 4.79. The number of amides is 1. The van der Waals surface area contributed by atoms with E-state index in [1.54, 1.807) is 12.2 Å². The molecule has 2 heterocycles. The Morgan fingerprint density at radius 2 is 2.08 bits per heavy atom. The first-order valence-electron chi connectivity index (χ1n) is 8.24. The molecule has 0 bridgehead atoms. The normalized spacial score (nSPS) is 20.5. The van der Waals surface area contributed by atoms with Crippen LogP contribution in [0.15, 0.2) is 30.4 Å². The number of carbonyl (C=O) groups excluding carboxylic acids is 1. The molecule has 0 saturated heterocycles. The van der Waals surface area contributed by atoms with Crippen LogP contribution in [0.1, 0.15) is 11.6 Å². The minimum Gasteiger partial charge on any atom is -0.454 e. The van der Waals surface area contributed by atoms with E-state index in [1.807, 2.05) is 37.2 Å². The second-order valence-electron chi connectivity index (χ2n) is 6.54. The lowest BCUT2D eigenvalue weighted by Crippen LogP contribution is -2.47. The molecule has 0 saturated carbocycles. The molecule has 0 aromatic heterocycles. The molecular weight excluding hydrogens is 358 g/mol. The number of hydrogen-bond donors (Lipinski definition) is 1. The fourth-order valence-corrected chi connectivity index (χ4v) is 4.02. The van der Waals surface area contributed by atoms with Crippen molar-refractivity contribution >= 4 is 15.9 Å². The van der Waals surface area contributed by atoms with Crippen molar-refractivity contribution in [3.63, 3.8) is 0 Å². The van der Waals surface area contributed by atoms with Crippen molar-refractivity contribution in [2.45, 2.75) is 12.1 Å². The Hall–Kier alpha value is -2.10. The molecule has 26 heavy (non-hydrogen) atoms.